The van der Waals surface area contributed by atoms with Gasteiger partial charge in [0.1, 0.15) is 0 Å². The molecule has 0 saturated carbocycles. The lowest BCUT2D eigenvalue weighted by Gasteiger charge is -2.19. The van der Waals surface area contributed by atoms with Gasteiger partial charge < -0.3 is 10.1 Å². The highest BCUT2D eigenvalue weighted by Gasteiger charge is 2.19. The van der Waals surface area contributed by atoms with Crippen molar-refractivity contribution >= 4 is 16.6 Å². The molecule has 1 aliphatic heterocycles. The summed E-state index contributed by atoms with van der Waals surface area (Å²) in [6.45, 7) is 5.96. The molecule has 1 aromatic heterocycles. The maximum Gasteiger partial charge on any atom is 0.0726 e. The largest absolute Gasteiger partial charge is 0.379 e. The molecule has 0 spiro atoms. The van der Waals surface area contributed by atoms with E-state index in [-0.39, 0.29) is 0 Å². The second-order valence-electron chi connectivity index (χ2n) is 5.13. The third kappa shape index (κ3) is 2.30. The van der Waals surface area contributed by atoms with Gasteiger partial charge >= 0.3 is 0 Å². The molecule has 3 heteroatoms. The van der Waals surface area contributed by atoms with Gasteiger partial charge in [-0.25, -0.2) is 0 Å². The summed E-state index contributed by atoms with van der Waals surface area (Å²) in [5, 5.41) is 4.90. The Morgan fingerprint density at radius 2 is 2.21 bits per heavy atom. The molecule has 1 N–H and O–H groups in total. The minimum Gasteiger partial charge on any atom is -0.379 e. The number of anilines is 1. The summed E-state index contributed by atoms with van der Waals surface area (Å²) >= 11 is 0. The first kappa shape index (κ1) is 12.4. The first-order valence-corrected chi connectivity index (χ1v) is 7.02. The number of ether oxygens (including phenoxy) is 1. The molecule has 1 atom stereocenters. The van der Waals surface area contributed by atoms with E-state index in [1.165, 1.54) is 16.6 Å². The smallest absolute Gasteiger partial charge is 0.0726 e. The van der Waals surface area contributed by atoms with Crippen molar-refractivity contribution < 1.29 is 4.74 Å². The van der Waals surface area contributed by atoms with Crippen molar-refractivity contribution in [2.24, 2.45) is 0 Å². The lowest BCUT2D eigenvalue weighted by atomic mass is 10.0. The minimum atomic E-state index is 0.426. The maximum absolute atomic E-state index is 5.47. The molecule has 2 aromatic rings. The van der Waals surface area contributed by atoms with Crippen LogP contribution in [-0.2, 0) is 11.2 Å². The Balaban J connectivity index is 2.11. The van der Waals surface area contributed by atoms with Gasteiger partial charge in [-0.2, -0.15) is 0 Å². The van der Waals surface area contributed by atoms with Gasteiger partial charge in [-0.1, -0.05) is 25.1 Å². The van der Waals surface area contributed by atoms with Crippen LogP contribution in [0.15, 0.2) is 24.3 Å². The second-order valence-corrected chi connectivity index (χ2v) is 5.13. The molecule has 1 fully saturated rings. The molecule has 3 rings (SSSR count). The summed E-state index contributed by atoms with van der Waals surface area (Å²) in [5.41, 5.74) is 4.77. The zero-order valence-electron chi connectivity index (χ0n) is 11.6. The standard InChI is InChI=1S/C16H20N2O/c1-3-13-11(2)17-15-7-5-4-6-14(15)16(13)18-12-8-9-19-10-12/h4-7,12H,3,8-10H2,1-2H3,(H,17,18). The van der Waals surface area contributed by atoms with Crippen molar-refractivity contribution in [1.29, 1.82) is 0 Å². The van der Waals surface area contributed by atoms with Gasteiger partial charge in [0, 0.05) is 23.4 Å². The van der Waals surface area contributed by atoms with Gasteiger partial charge in [0.05, 0.1) is 18.2 Å². The Kier molecular flexibility index (Phi) is 3.38. The summed E-state index contributed by atoms with van der Waals surface area (Å²) < 4.78 is 5.47. The van der Waals surface area contributed by atoms with Crippen molar-refractivity contribution in [1.82, 2.24) is 4.98 Å². The molecule has 2 heterocycles. The van der Waals surface area contributed by atoms with Crippen molar-refractivity contribution in [3.8, 4) is 0 Å². The fraction of sp³-hybridized carbons (Fsp3) is 0.438. The van der Waals surface area contributed by atoms with E-state index < -0.39 is 0 Å². The second kappa shape index (κ2) is 5.17. The van der Waals surface area contributed by atoms with Gasteiger partial charge in [-0.05, 0) is 31.4 Å². The summed E-state index contributed by atoms with van der Waals surface area (Å²) in [4.78, 5) is 4.71. The molecule has 1 aliphatic rings. The Morgan fingerprint density at radius 3 is 2.95 bits per heavy atom. The van der Waals surface area contributed by atoms with Crippen LogP contribution in [-0.4, -0.2) is 24.2 Å². The Morgan fingerprint density at radius 1 is 1.37 bits per heavy atom. The monoisotopic (exact) mass is 256 g/mol. The predicted octanol–water partition coefficient (Wildman–Crippen LogP) is 3.31. The molecule has 0 amide bonds. The van der Waals surface area contributed by atoms with E-state index in [1.807, 2.05) is 6.07 Å². The minimum absolute atomic E-state index is 0.426. The van der Waals surface area contributed by atoms with E-state index in [4.69, 9.17) is 9.72 Å². The Hall–Kier alpha value is -1.61. The van der Waals surface area contributed by atoms with Gasteiger partial charge in [0.15, 0.2) is 0 Å². The van der Waals surface area contributed by atoms with Gasteiger partial charge in [0.25, 0.3) is 0 Å². The van der Waals surface area contributed by atoms with Crippen LogP contribution in [0.5, 0.6) is 0 Å². The zero-order chi connectivity index (χ0) is 13.2. The number of hydrogen-bond acceptors (Lipinski definition) is 3. The molecular weight excluding hydrogens is 236 g/mol. The Labute approximate surface area is 114 Å². The molecule has 1 aromatic carbocycles. The van der Waals surface area contributed by atoms with Crippen LogP contribution in [0.2, 0.25) is 0 Å². The number of nitrogens with zero attached hydrogens (tertiary/aromatic N) is 1. The molecule has 3 nitrogen and oxygen atoms in total. The molecule has 19 heavy (non-hydrogen) atoms. The highest BCUT2D eigenvalue weighted by atomic mass is 16.5. The topological polar surface area (TPSA) is 34.2 Å². The van der Waals surface area contributed by atoms with E-state index in [0.717, 1.165) is 37.3 Å². The lowest BCUT2D eigenvalue weighted by Crippen LogP contribution is -2.20. The first-order chi connectivity index (χ1) is 9.29. The van der Waals surface area contributed by atoms with E-state index in [1.54, 1.807) is 0 Å². The third-order valence-electron chi connectivity index (χ3n) is 3.83. The summed E-state index contributed by atoms with van der Waals surface area (Å²) in [5.74, 6) is 0. The first-order valence-electron chi connectivity index (χ1n) is 7.02. The fourth-order valence-electron chi connectivity index (χ4n) is 2.82. The van der Waals surface area contributed by atoms with E-state index in [2.05, 4.69) is 37.4 Å². The van der Waals surface area contributed by atoms with Gasteiger partial charge in [-0.3, -0.25) is 4.98 Å². The van der Waals surface area contributed by atoms with Crippen LogP contribution in [0.25, 0.3) is 10.9 Å². The maximum atomic E-state index is 5.47. The third-order valence-corrected chi connectivity index (χ3v) is 3.83. The van der Waals surface area contributed by atoms with Crippen molar-refractivity contribution in [2.75, 3.05) is 18.5 Å². The van der Waals surface area contributed by atoms with Crippen LogP contribution in [0.1, 0.15) is 24.6 Å². The number of aryl methyl sites for hydroxylation is 1. The fourth-order valence-corrected chi connectivity index (χ4v) is 2.82. The number of hydrogen-bond donors (Lipinski definition) is 1. The van der Waals surface area contributed by atoms with Crippen LogP contribution in [0.4, 0.5) is 5.69 Å². The Bertz CT molecular complexity index is 589. The molecule has 0 aliphatic carbocycles. The quantitative estimate of drug-likeness (QED) is 0.915. The van der Waals surface area contributed by atoms with Crippen molar-refractivity contribution in [3.63, 3.8) is 0 Å². The number of benzene rings is 1. The van der Waals surface area contributed by atoms with E-state index >= 15 is 0 Å². The van der Waals surface area contributed by atoms with E-state index in [9.17, 15) is 0 Å². The SMILES string of the molecule is CCc1c(C)nc2ccccc2c1NC1CCOC1. The molecule has 1 saturated heterocycles. The van der Waals surface area contributed by atoms with Gasteiger partial charge in [-0.15, -0.1) is 0 Å². The van der Waals surface area contributed by atoms with E-state index in [0.29, 0.717) is 6.04 Å². The number of fused-ring (bicyclic) bond motifs is 1. The number of aromatic nitrogens is 1. The lowest BCUT2D eigenvalue weighted by molar-refractivity contribution is 0.195. The highest BCUT2D eigenvalue weighted by Crippen LogP contribution is 2.30. The van der Waals surface area contributed by atoms with Crippen LogP contribution in [0.3, 0.4) is 0 Å². The zero-order valence-corrected chi connectivity index (χ0v) is 11.6. The normalized spacial score (nSPS) is 18.9. The number of para-hydroxylation sites is 1. The summed E-state index contributed by atoms with van der Waals surface area (Å²) in [6, 6.07) is 8.78. The summed E-state index contributed by atoms with van der Waals surface area (Å²) in [7, 11) is 0. The summed E-state index contributed by atoms with van der Waals surface area (Å²) in [6.07, 6.45) is 2.08. The predicted molar refractivity (Wildman–Crippen MR) is 78.7 cm³/mol. The number of pyridine rings is 1. The van der Waals surface area contributed by atoms with Crippen LogP contribution in [0, 0.1) is 6.92 Å². The average Bonchev–Trinajstić information content (AvgIpc) is 2.92. The molecule has 0 bridgehead atoms. The number of rotatable bonds is 3. The molecule has 100 valence electrons. The van der Waals surface area contributed by atoms with Crippen LogP contribution < -0.4 is 5.32 Å². The van der Waals surface area contributed by atoms with Gasteiger partial charge in [0.2, 0.25) is 0 Å². The van der Waals surface area contributed by atoms with Crippen LogP contribution >= 0.6 is 0 Å². The molecule has 0 radical (unpaired) electrons. The highest BCUT2D eigenvalue weighted by molar-refractivity contribution is 5.93. The average molecular weight is 256 g/mol. The van der Waals surface area contributed by atoms with Crippen molar-refractivity contribution in [3.05, 3.63) is 35.5 Å². The number of nitrogens with one attached hydrogen (secondary N) is 1. The molecular formula is C16H20N2O. The van der Waals surface area contributed by atoms with Crippen molar-refractivity contribution in [2.45, 2.75) is 32.7 Å². The molecule has 1 unspecified atom stereocenters.